The number of aliphatic imine (C=N–C) groups is 1. The Labute approximate surface area is 140 Å². The lowest BCUT2D eigenvalue weighted by Crippen LogP contribution is -2.50. The van der Waals surface area contributed by atoms with Crippen LogP contribution in [0.3, 0.4) is 0 Å². The number of nitrogens with one attached hydrogen (secondary N) is 3. The Bertz CT molecular complexity index is 365. The average molecular weight is 327 g/mol. The molecule has 3 N–H and O–H groups in total. The molecule has 23 heavy (non-hydrogen) atoms. The Hall–Kier alpha value is -1.34. The van der Waals surface area contributed by atoms with Crippen molar-refractivity contribution in [2.45, 2.75) is 45.7 Å². The van der Waals surface area contributed by atoms with Crippen molar-refractivity contribution < 1.29 is 9.53 Å². The third kappa shape index (κ3) is 8.18. The molecule has 7 heteroatoms. The van der Waals surface area contributed by atoms with Crippen molar-refractivity contribution in [1.82, 2.24) is 20.9 Å². The number of hydrogen-bond acceptors (Lipinski definition) is 4. The lowest BCUT2D eigenvalue weighted by atomic mass is 10.0. The van der Waals surface area contributed by atoms with E-state index in [1.165, 1.54) is 0 Å². The molecule has 0 bridgehead atoms. The van der Waals surface area contributed by atoms with E-state index in [1.54, 1.807) is 7.11 Å². The van der Waals surface area contributed by atoms with E-state index in [9.17, 15) is 4.79 Å². The summed E-state index contributed by atoms with van der Waals surface area (Å²) in [4.78, 5) is 18.6. The normalized spacial score (nSPS) is 17.3. The molecule has 0 saturated carbocycles. The van der Waals surface area contributed by atoms with Gasteiger partial charge >= 0.3 is 0 Å². The summed E-state index contributed by atoms with van der Waals surface area (Å²) in [6.45, 7) is 10.6. The molecule has 1 amide bonds. The molecule has 0 unspecified atom stereocenters. The summed E-state index contributed by atoms with van der Waals surface area (Å²) in [6.07, 6.45) is 2.20. The van der Waals surface area contributed by atoms with Crippen molar-refractivity contribution >= 4 is 11.9 Å². The van der Waals surface area contributed by atoms with Gasteiger partial charge in [0.2, 0.25) is 5.91 Å². The Morgan fingerprint density at radius 3 is 2.57 bits per heavy atom. The molecule has 1 fully saturated rings. The van der Waals surface area contributed by atoms with Crippen LogP contribution in [0.4, 0.5) is 0 Å². The van der Waals surface area contributed by atoms with Gasteiger partial charge in [0.1, 0.15) is 6.54 Å². The first-order valence-electron chi connectivity index (χ1n) is 8.61. The van der Waals surface area contributed by atoms with E-state index in [0.717, 1.165) is 38.4 Å². The zero-order valence-electron chi connectivity index (χ0n) is 15.0. The standard InChI is InChI=1S/C16H33N5O2/c1-5-17-16(19-12-15(22)18-8-11-23-4)20-14-6-9-21(10-7-14)13(2)3/h13-14H,5-12H2,1-4H3,(H,18,22)(H2,17,19,20). The summed E-state index contributed by atoms with van der Waals surface area (Å²) in [7, 11) is 1.61. The molecule has 0 aromatic heterocycles. The van der Waals surface area contributed by atoms with Crippen molar-refractivity contribution in [3.63, 3.8) is 0 Å². The maximum absolute atomic E-state index is 11.7. The van der Waals surface area contributed by atoms with Gasteiger partial charge in [-0.3, -0.25) is 4.79 Å². The van der Waals surface area contributed by atoms with Crippen LogP contribution in [-0.2, 0) is 9.53 Å². The number of carbonyl (C=O) groups is 1. The van der Waals surface area contributed by atoms with Crippen molar-refractivity contribution in [2.75, 3.05) is 46.4 Å². The molecule has 1 aliphatic heterocycles. The number of piperidine rings is 1. The minimum absolute atomic E-state index is 0.0890. The minimum atomic E-state index is -0.0890. The van der Waals surface area contributed by atoms with Crippen LogP contribution in [0.2, 0.25) is 0 Å². The molecule has 1 saturated heterocycles. The van der Waals surface area contributed by atoms with Gasteiger partial charge in [-0.15, -0.1) is 0 Å². The van der Waals surface area contributed by atoms with E-state index < -0.39 is 0 Å². The summed E-state index contributed by atoms with van der Waals surface area (Å²) in [5.74, 6) is 0.631. The minimum Gasteiger partial charge on any atom is -0.383 e. The molecule has 0 radical (unpaired) electrons. The van der Waals surface area contributed by atoms with Crippen LogP contribution >= 0.6 is 0 Å². The van der Waals surface area contributed by atoms with Crippen molar-refractivity contribution in [3.05, 3.63) is 0 Å². The molecule has 0 aliphatic carbocycles. The second-order valence-corrected chi connectivity index (χ2v) is 6.09. The number of methoxy groups -OCH3 is 1. The van der Waals surface area contributed by atoms with Gasteiger partial charge in [-0.1, -0.05) is 0 Å². The largest absolute Gasteiger partial charge is 0.383 e. The number of carbonyl (C=O) groups excluding carboxylic acids is 1. The number of guanidine groups is 1. The first-order chi connectivity index (χ1) is 11.1. The number of rotatable bonds is 8. The fraction of sp³-hybridized carbons (Fsp3) is 0.875. The van der Waals surface area contributed by atoms with Gasteiger partial charge in [0.05, 0.1) is 6.61 Å². The molecule has 1 aliphatic rings. The fourth-order valence-electron chi connectivity index (χ4n) is 2.57. The Kier molecular flexibility index (Phi) is 9.63. The van der Waals surface area contributed by atoms with Crippen LogP contribution in [0, 0.1) is 0 Å². The molecule has 0 atom stereocenters. The maximum atomic E-state index is 11.7. The van der Waals surface area contributed by atoms with Gasteiger partial charge in [-0.2, -0.15) is 0 Å². The Morgan fingerprint density at radius 2 is 2.00 bits per heavy atom. The molecule has 0 spiro atoms. The number of hydrogen-bond donors (Lipinski definition) is 3. The molecular weight excluding hydrogens is 294 g/mol. The first kappa shape index (κ1) is 19.7. The highest BCUT2D eigenvalue weighted by molar-refractivity contribution is 5.85. The summed E-state index contributed by atoms with van der Waals surface area (Å²) >= 11 is 0. The predicted molar refractivity (Wildman–Crippen MR) is 93.7 cm³/mol. The highest BCUT2D eigenvalue weighted by Gasteiger charge is 2.21. The summed E-state index contributed by atoms with van der Waals surface area (Å²) in [5.41, 5.74) is 0. The average Bonchev–Trinajstić information content (AvgIpc) is 2.53. The monoisotopic (exact) mass is 327 g/mol. The molecule has 1 heterocycles. The van der Waals surface area contributed by atoms with Gasteiger partial charge in [-0.25, -0.2) is 4.99 Å². The Balaban J connectivity index is 2.39. The number of likely N-dealkylation sites (tertiary alicyclic amines) is 1. The zero-order chi connectivity index (χ0) is 17.1. The van der Waals surface area contributed by atoms with Gasteiger partial charge in [0, 0.05) is 45.4 Å². The van der Waals surface area contributed by atoms with E-state index in [1.807, 2.05) is 6.92 Å². The third-order valence-electron chi connectivity index (χ3n) is 3.95. The van der Waals surface area contributed by atoms with E-state index in [0.29, 0.717) is 25.2 Å². The maximum Gasteiger partial charge on any atom is 0.241 e. The van der Waals surface area contributed by atoms with Crippen LogP contribution in [0.15, 0.2) is 4.99 Å². The van der Waals surface area contributed by atoms with Crippen LogP contribution in [0.5, 0.6) is 0 Å². The molecule has 0 aromatic rings. The second kappa shape index (κ2) is 11.2. The van der Waals surface area contributed by atoms with E-state index in [2.05, 4.69) is 39.7 Å². The van der Waals surface area contributed by atoms with Crippen LogP contribution in [-0.4, -0.2) is 75.3 Å². The highest BCUT2D eigenvalue weighted by Crippen LogP contribution is 2.12. The first-order valence-corrected chi connectivity index (χ1v) is 8.61. The quantitative estimate of drug-likeness (QED) is 0.337. The van der Waals surface area contributed by atoms with Gasteiger partial charge in [0.15, 0.2) is 5.96 Å². The van der Waals surface area contributed by atoms with Gasteiger partial charge in [-0.05, 0) is 33.6 Å². The zero-order valence-corrected chi connectivity index (χ0v) is 15.0. The number of ether oxygens (including phenoxy) is 1. The van der Waals surface area contributed by atoms with Crippen molar-refractivity contribution in [1.29, 1.82) is 0 Å². The molecular formula is C16H33N5O2. The number of amides is 1. The van der Waals surface area contributed by atoms with Crippen LogP contribution in [0.1, 0.15) is 33.6 Å². The van der Waals surface area contributed by atoms with E-state index >= 15 is 0 Å². The third-order valence-corrected chi connectivity index (χ3v) is 3.95. The summed E-state index contributed by atoms with van der Waals surface area (Å²) in [6, 6.07) is 1.02. The van der Waals surface area contributed by atoms with Crippen LogP contribution < -0.4 is 16.0 Å². The van der Waals surface area contributed by atoms with Gasteiger partial charge in [0.25, 0.3) is 0 Å². The second-order valence-electron chi connectivity index (χ2n) is 6.09. The summed E-state index contributed by atoms with van der Waals surface area (Å²) < 4.78 is 4.90. The molecule has 134 valence electrons. The van der Waals surface area contributed by atoms with E-state index in [4.69, 9.17) is 4.74 Å². The smallest absolute Gasteiger partial charge is 0.241 e. The van der Waals surface area contributed by atoms with Crippen molar-refractivity contribution in [2.24, 2.45) is 4.99 Å². The Morgan fingerprint density at radius 1 is 1.30 bits per heavy atom. The highest BCUT2D eigenvalue weighted by atomic mass is 16.5. The molecule has 7 nitrogen and oxygen atoms in total. The molecule has 1 rings (SSSR count). The lowest BCUT2D eigenvalue weighted by Gasteiger charge is -2.35. The van der Waals surface area contributed by atoms with Gasteiger partial charge < -0.3 is 25.6 Å². The SMILES string of the molecule is CCNC(=NCC(=O)NCCOC)NC1CCN(C(C)C)CC1. The molecule has 0 aromatic carbocycles. The van der Waals surface area contributed by atoms with Crippen LogP contribution in [0.25, 0.3) is 0 Å². The lowest BCUT2D eigenvalue weighted by molar-refractivity contribution is -0.119. The predicted octanol–water partition coefficient (Wildman–Crippen LogP) is 0.177. The van der Waals surface area contributed by atoms with Crippen molar-refractivity contribution in [3.8, 4) is 0 Å². The fourth-order valence-corrected chi connectivity index (χ4v) is 2.57. The van der Waals surface area contributed by atoms with E-state index in [-0.39, 0.29) is 12.5 Å². The topological polar surface area (TPSA) is 78.0 Å². The summed E-state index contributed by atoms with van der Waals surface area (Å²) in [5, 5.41) is 9.42. The number of nitrogens with zero attached hydrogens (tertiary/aromatic N) is 2.